The third-order valence-electron chi connectivity index (χ3n) is 7.99. The number of halogens is 1. The van der Waals surface area contributed by atoms with Crippen LogP contribution in [0.15, 0.2) is 84.9 Å². The van der Waals surface area contributed by atoms with Gasteiger partial charge in [-0.1, -0.05) is 95.7 Å². The molecule has 2 heterocycles. The standard InChI is InChI=1S/C34H39ClN6O4S2/c1-47(44,45)40-28-16-14-26(15-17-28)30-31(35)46-33(38-30)39-34(43)41(22-20-37-32(42)27-13-8-19-36-23-27)21-18-29(24-9-4-2-5-10-24)25-11-6-3-7-12-25/h2-7,9-12,14-17,27,29,36,40H,8,13,18-23H2,1H3,(H,37,42)(H,38,39,43). The van der Waals surface area contributed by atoms with Crippen molar-refractivity contribution in [1.82, 2.24) is 20.5 Å². The zero-order valence-electron chi connectivity index (χ0n) is 26.1. The molecule has 0 bridgehead atoms. The quantitative estimate of drug-likeness (QED) is 0.136. The molecule has 1 atom stereocenters. The first-order valence-corrected chi connectivity index (χ1v) is 18.6. The van der Waals surface area contributed by atoms with Crippen LogP contribution in [-0.4, -0.2) is 69.2 Å². The summed E-state index contributed by atoms with van der Waals surface area (Å²) in [7, 11) is -3.41. The van der Waals surface area contributed by atoms with Gasteiger partial charge in [0.05, 0.1) is 12.2 Å². The second kappa shape index (κ2) is 16.2. The fourth-order valence-corrected chi connectivity index (χ4v) is 7.28. The van der Waals surface area contributed by atoms with Crippen LogP contribution in [-0.2, 0) is 14.8 Å². The van der Waals surface area contributed by atoms with E-state index in [-0.39, 0.29) is 23.8 Å². The lowest BCUT2D eigenvalue weighted by molar-refractivity contribution is -0.125. The number of hydrogen-bond donors (Lipinski definition) is 4. The van der Waals surface area contributed by atoms with E-state index in [0.717, 1.165) is 48.1 Å². The molecule has 0 aliphatic carbocycles. The van der Waals surface area contributed by atoms with Crippen molar-refractivity contribution in [1.29, 1.82) is 0 Å². The number of urea groups is 1. The number of thiazole rings is 1. The first kappa shape index (κ1) is 34.4. The van der Waals surface area contributed by atoms with Gasteiger partial charge < -0.3 is 15.5 Å². The number of nitrogens with zero attached hydrogens (tertiary/aromatic N) is 2. The van der Waals surface area contributed by atoms with Crippen LogP contribution in [0.3, 0.4) is 0 Å². The summed E-state index contributed by atoms with van der Waals surface area (Å²) in [4.78, 5) is 32.9. The summed E-state index contributed by atoms with van der Waals surface area (Å²) < 4.78 is 25.9. The highest BCUT2D eigenvalue weighted by atomic mass is 35.5. The molecule has 5 rings (SSSR count). The van der Waals surface area contributed by atoms with Crippen molar-refractivity contribution in [3.63, 3.8) is 0 Å². The molecule has 4 N–H and O–H groups in total. The van der Waals surface area contributed by atoms with Gasteiger partial charge in [-0.05, 0) is 49.1 Å². The molecule has 10 nitrogen and oxygen atoms in total. The second-order valence-electron chi connectivity index (χ2n) is 11.5. The van der Waals surface area contributed by atoms with E-state index in [1.807, 2.05) is 36.4 Å². The van der Waals surface area contributed by atoms with Crippen LogP contribution < -0.4 is 20.7 Å². The van der Waals surface area contributed by atoms with Crippen LogP contribution in [0.2, 0.25) is 4.34 Å². The Kier molecular flexibility index (Phi) is 11.9. The third-order valence-corrected chi connectivity index (χ3v) is 9.76. The molecule has 4 aromatic rings. The van der Waals surface area contributed by atoms with Gasteiger partial charge in [0.2, 0.25) is 15.9 Å². The van der Waals surface area contributed by atoms with Crippen molar-refractivity contribution in [2.24, 2.45) is 5.92 Å². The number of benzene rings is 3. The Morgan fingerprint density at radius 2 is 1.66 bits per heavy atom. The largest absolute Gasteiger partial charge is 0.354 e. The van der Waals surface area contributed by atoms with E-state index in [1.165, 1.54) is 0 Å². The molecule has 248 valence electrons. The summed E-state index contributed by atoms with van der Waals surface area (Å²) in [5.74, 6) is -0.00606. The van der Waals surface area contributed by atoms with Crippen molar-refractivity contribution >= 4 is 55.7 Å². The van der Waals surface area contributed by atoms with E-state index in [9.17, 15) is 18.0 Å². The maximum atomic E-state index is 13.8. The van der Waals surface area contributed by atoms with Crippen LogP contribution in [0.25, 0.3) is 11.3 Å². The van der Waals surface area contributed by atoms with Gasteiger partial charge in [-0.15, -0.1) is 0 Å². The molecule has 1 saturated heterocycles. The number of anilines is 2. The van der Waals surface area contributed by atoms with Gasteiger partial charge in [0.25, 0.3) is 0 Å². The smallest absolute Gasteiger partial charge is 0.323 e. The van der Waals surface area contributed by atoms with Crippen LogP contribution in [0, 0.1) is 5.92 Å². The van der Waals surface area contributed by atoms with Crippen molar-refractivity contribution in [3.05, 3.63) is 100 Å². The molecule has 0 spiro atoms. The van der Waals surface area contributed by atoms with E-state index < -0.39 is 10.0 Å². The van der Waals surface area contributed by atoms with Gasteiger partial charge in [0.15, 0.2) is 5.13 Å². The number of aromatic nitrogens is 1. The van der Waals surface area contributed by atoms with E-state index in [2.05, 4.69) is 49.9 Å². The average Bonchev–Trinajstić information content (AvgIpc) is 3.44. The number of nitrogens with one attached hydrogen (secondary N) is 4. The summed E-state index contributed by atoms with van der Waals surface area (Å²) in [6.45, 7) is 2.66. The summed E-state index contributed by atoms with van der Waals surface area (Å²) >= 11 is 7.69. The topological polar surface area (TPSA) is 133 Å². The number of carbonyl (C=O) groups excluding carboxylic acids is 2. The molecule has 1 aliphatic heterocycles. The Balaban J connectivity index is 1.30. The fourth-order valence-electron chi connectivity index (χ4n) is 5.64. The van der Waals surface area contributed by atoms with Crippen LogP contribution in [0.1, 0.15) is 36.3 Å². The zero-order chi connectivity index (χ0) is 33.2. The number of carbonyl (C=O) groups is 2. The highest BCUT2D eigenvalue weighted by Gasteiger charge is 2.23. The van der Waals surface area contributed by atoms with Gasteiger partial charge in [-0.3, -0.25) is 14.8 Å². The SMILES string of the molecule is CS(=O)(=O)Nc1ccc(-c2nc(NC(=O)N(CCNC(=O)C3CCCNC3)CCC(c3ccccc3)c3ccccc3)sc2Cl)cc1. The summed E-state index contributed by atoms with van der Waals surface area (Å²) in [5.41, 5.74) is 3.89. The van der Waals surface area contributed by atoms with Crippen molar-refractivity contribution in [2.75, 3.05) is 49.0 Å². The number of piperidine rings is 1. The lowest BCUT2D eigenvalue weighted by atomic mass is 9.88. The lowest BCUT2D eigenvalue weighted by Gasteiger charge is -2.27. The van der Waals surface area contributed by atoms with Crippen molar-refractivity contribution in [2.45, 2.75) is 25.2 Å². The highest BCUT2D eigenvalue weighted by molar-refractivity contribution is 7.92. The minimum absolute atomic E-state index is 0.00175. The number of rotatable bonds is 13. The van der Waals surface area contributed by atoms with E-state index in [0.29, 0.717) is 59.0 Å². The lowest BCUT2D eigenvalue weighted by Crippen LogP contribution is -2.45. The monoisotopic (exact) mass is 694 g/mol. The Morgan fingerprint density at radius 1 is 1.00 bits per heavy atom. The number of sulfonamides is 1. The first-order chi connectivity index (χ1) is 22.7. The van der Waals surface area contributed by atoms with Crippen molar-refractivity contribution < 1.29 is 18.0 Å². The van der Waals surface area contributed by atoms with E-state index in [1.54, 1.807) is 29.2 Å². The normalized spacial score (nSPS) is 14.8. The van der Waals surface area contributed by atoms with E-state index in [4.69, 9.17) is 11.6 Å². The average molecular weight is 695 g/mol. The Labute approximate surface area is 285 Å². The minimum Gasteiger partial charge on any atom is -0.354 e. The molecule has 0 saturated carbocycles. The van der Waals surface area contributed by atoms with Gasteiger partial charge in [0, 0.05) is 43.3 Å². The fraction of sp³-hybridized carbons (Fsp3) is 0.324. The molecule has 1 fully saturated rings. The molecule has 1 aromatic heterocycles. The van der Waals surface area contributed by atoms with Gasteiger partial charge in [-0.2, -0.15) is 0 Å². The maximum Gasteiger partial charge on any atom is 0.323 e. The molecule has 0 radical (unpaired) electrons. The molecule has 1 unspecified atom stereocenters. The van der Waals surface area contributed by atoms with Crippen molar-refractivity contribution in [3.8, 4) is 11.3 Å². The second-order valence-corrected chi connectivity index (χ2v) is 14.9. The molecule has 13 heteroatoms. The molecule has 47 heavy (non-hydrogen) atoms. The summed E-state index contributed by atoms with van der Waals surface area (Å²) in [6, 6.07) is 26.8. The number of amides is 3. The molecule has 3 amide bonds. The molecular weight excluding hydrogens is 656 g/mol. The Hall–Kier alpha value is -3.97. The highest BCUT2D eigenvalue weighted by Crippen LogP contribution is 2.36. The van der Waals surface area contributed by atoms with Gasteiger partial charge in [-0.25, -0.2) is 18.2 Å². The Bertz CT molecular complexity index is 1690. The maximum absolute atomic E-state index is 13.8. The summed E-state index contributed by atoms with van der Waals surface area (Å²) in [5, 5.41) is 9.55. The van der Waals surface area contributed by atoms with Gasteiger partial charge >= 0.3 is 6.03 Å². The minimum atomic E-state index is -3.41. The predicted octanol–water partition coefficient (Wildman–Crippen LogP) is 6.01. The van der Waals surface area contributed by atoms with Crippen LogP contribution in [0.5, 0.6) is 0 Å². The molecule has 1 aliphatic rings. The third kappa shape index (κ3) is 10.0. The van der Waals surface area contributed by atoms with Gasteiger partial charge in [0.1, 0.15) is 10.0 Å². The first-order valence-electron chi connectivity index (χ1n) is 15.5. The number of hydrogen-bond acceptors (Lipinski definition) is 7. The molecule has 3 aromatic carbocycles. The predicted molar refractivity (Wildman–Crippen MR) is 190 cm³/mol. The van der Waals surface area contributed by atoms with Crippen LogP contribution in [0.4, 0.5) is 15.6 Å². The molecular formula is C34H39ClN6O4S2. The zero-order valence-corrected chi connectivity index (χ0v) is 28.5. The summed E-state index contributed by atoms with van der Waals surface area (Å²) in [6.07, 6.45) is 3.57. The van der Waals surface area contributed by atoms with Crippen LogP contribution >= 0.6 is 22.9 Å². The Morgan fingerprint density at radius 3 is 2.26 bits per heavy atom. The van der Waals surface area contributed by atoms with E-state index >= 15 is 0 Å².